The van der Waals surface area contributed by atoms with Gasteiger partial charge in [0.25, 0.3) is 0 Å². The van der Waals surface area contributed by atoms with E-state index in [1.54, 1.807) is 6.92 Å². The normalized spacial score (nSPS) is 21.8. The molecule has 0 spiro atoms. The van der Waals surface area contributed by atoms with Crippen molar-refractivity contribution in [2.75, 3.05) is 16.8 Å². The van der Waals surface area contributed by atoms with Gasteiger partial charge in [-0.1, -0.05) is 37.3 Å². The first-order valence-corrected chi connectivity index (χ1v) is 10.3. The molecule has 1 aliphatic carbocycles. The molecule has 5 nitrogen and oxygen atoms in total. The molecular weight excluding hydrogens is 364 g/mol. The summed E-state index contributed by atoms with van der Waals surface area (Å²) < 4.78 is 5.50. The molecule has 1 aliphatic heterocycles. The number of nitrogens with one attached hydrogen (secondary N) is 1. The van der Waals surface area contributed by atoms with Crippen LogP contribution in [0.2, 0.25) is 0 Å². The summed E-state index contributed by atoms with van der Waals surface area (Å²) in [5.74, 6) is 0.523. The zero-order valence-electron chi connectivity index (χ0n) is 17.3. The molecular formula is C24H28N2O3. The SMILES string of the molecule is CC(=O)N1CCC(C)(c2ccccc2)c2cc(NC(=O)OC(C)C3CC3)ccc21. The fraction of sp³-hybridized carbons (Fsp3) is 0.417. The van der Waals surface area contributed by atoms with Gasteiger partial charge in [0.1, 0.15) is 6.10 Å². The quantitative estimate of drug-likeness (QED) is 0.788. The Morgan fingerprint density at radius 1 is 1.17 bits per heavy atom. The Labute approximate surface area is 172 Å². The van der Waals surface area contributed by atoms with Crippen molar-refractivity contribution in [2.24, 2.45) is 5.92 Å². The van der Waals surface area contributed by atoms with Crippen molar-refractivity contribution < 1.29 is 14.3 Å². The number of carbonyl (C=O) groups excluding carboxylic acids is 2. The van der Waals surface area contributed by atoms with Gasteiger partial charge < -0.3 is 9.64 Å². The highest BCUT2D eigenvalue weighted by atomic mass is 16.6. The zero-order valence-corrected chi connectivity index (χ0v) is 17.3. The van der Waals surface area contributed by atoms with E-state index in [-0.39, 0.29) is 17.4 Å². The number of hydrogen-bond acceptors (Lipinski definition) is 3. The van der Waals surface area contributed by atoms with Crippen LogP contribution in [0.5, 0.6) is 0 Å². The summed E-state index contributed by atoms with van der Waals surface area (Å²) in [4.78, 5) is 26.3. The Morgan fingerprint density at radius 2 is 1.90 bits per heavy atom. The Kier molecular flexibility index (Phi) is 5.07. The van der Waals surface area contributed by atoms with Gasteiger partial charge >= 0.3 is 6.09 Å². The summed E-state index contributed by atoms with van der Waals surface area (Å²) in [6.45, 7) is 6.41. The fourth-order valence-corrected chi connectivity index (χ4v) is 4.29. The minimum absolute atomic E-state index is 0.0275. The highest BCUT2D eigenvalue weighted by Gasteiger charge is 2.38. The van der Waals surface area contributed by atoms with Gasteiger partial charge in [-0.2, -0.15) is 0 Å². The second-order valence-corrected chi connectivity index (χ2v) is 8.42. The molecule has 0 bridgehead atoms. The third-order valence-corrected chi connectivity index (χ3v) is 6.33. The molecule has 1 heterocycles. The van der Waals surface area contributed by atoms with Gasteiger partial charge in [-0.25, -0.2) is 4.79 Å². The topological polar surface area (TPSA) is 58.6 Å². The van der Waals surface area contributed by atoms with Crippen LogP contribution in [-0.4, -0.2) is 24.6 Å². The average molecular weight is 392 g/mol. The zero-order chi connectivity index (χ0) is 20.6. The first kappa shape index (κ1) is 19.5. The second kappa shape index (κ2) is 7.54. The van der Waals surface area contributed by atoms with Crippen LogP contribution in [0.1, 0.15) is 51.2 Å². The van der Waals surface area contributed by atoms with E-state index in [9.17, 15) is 9.59 Å². The summed E-state index contributed by atoms with van der Waals surface area (Å²) in [6.07, 6.45) is 2.59. The molecule has 0 saturated heterocycles. The Hall–Kier alpha value is -2.82. The van der Waals surface area contributed by atoms with Crippen molar-refractivity contribution >= 4 is 23.4 Å². The number of amides is 2. The summed E-state index contributed by atoms with van der Waals surface area (Å²) in [5, 5.41) is 2.87. The molecule has 152 valence electrons. The van der Waals surface area contributed by atoms with Crippen molar-refractivity contribution in [2.45, 2.75) is 51.6 Å². The van der Waals surface area contributed by atoms with E-state index in [4.69, 9.17) is 4.74 Å². The van der Waals surface area contributed by atoms with Crippen molar-refractivity contribution in [1.82, 2.24) is 0 Å². The van der Waals surface area contributed by atoms with Crippen molar-refractivity contribution in [1.29, 1.82) is 0 Å². The van der Waals surface area contributed by atoms with Gasteiger partial charge in [-0.05, 0) is 61.4 Å². The van der Waals surface area contributed by atoms with Gasteiger partial charge in [-0.3, -0.25) is 10.1 Å². The van der Waals surface area contributed by atoms with Crippen molar-refractivity contribution in [3.63, 3.8) is 0 Å². The molecule has 0 aromatic heterocycles. The lowest BCUT2D eigenvalue weighted by Crippen LogP contribution is -2.41. The summed E-state index contributed by atoms with van der Waals surface area (Å²) in [5.41, 5.74) is 3.58. The lowest BCUT2D eigenvalue weighted by atomic mass is 9.71. The molecule has 4 rings (SSSR count). The van der Waals surface area contributed by atoms with E-state index in [0.29, 0.717) is 18.2 Å². The number of ether oxygens (including phenoxy) is 1. The van der Waals surface area contributed by atoms with Gasteiger partial charge in [-0.15, -0.1) is 0 Å². The Morgan fingerprint density at radius 3 is 2.55 bits per heavy atom. The largest absolute Gasteiger partial charge is 0.446 e. The molecule has 1 N–H and O–H groups in total. The number of hydrogen-bond donors (Lipinski definition) is 1. The molecule has 5 heteroatoms. The minimum Gasteiger partial charge on any atom is -0.446 e. The average Bonchev–Trinajstić information content (AvgIpc) is 3.54. The van der Waals surface area contributed by atoms with Crippen LogP contribution < -0.4 is 10.2 Å². The lowest BCUT2D eigenvalue weighted by Gasteiger charge is -2.41. The van der Waals surface area contributed by atoms with Crippen molar-refractivity contribution in [3.8, 4) is 0 Å². The molecule has 1 saturated carbocycles. The molecule has 2 amide bonds. The second-order valence-electron chi connectivity index (χ2n) is 8.42. The van der Waals surface area contributed by atoms with E-state index in [1.807, 2.05) is 48.2 Å². The fourth-order valence-electron chi connectivity index (χ4n) is 4.29. The van der Waals surface area contributed by atoms with E-state index < -0.39 is 6.09 Å². The van der Waals surface area contributed by atoms with Crippen LogP contribution in [0, 0.1) is 5.92 Å². The number of fused-ring (bicyclic) bond motifs is 1. The van der Waals surface area contributed by atoms with Crippen LogP contribution in [0.3, 0.4) is 0 Å². The molecule has 2 aromatic carbocycles. The van der Waals surface area contributed by atoms with Crippen molar-refractivity contribution in [3.05, 3.63) is 59.7 Å². The number of benzene rings is 2. The van der Waals surface area contributed by atoms with E-state index >= 15 is 0 Å². The standard InChI is InChI=1S/C24H28N2O3/c1-16(18-9-10-18)29-23(28)25-20-11-12-22-21(15-20)24(3,13-14-26(22)17(2)27)19-7-5-4-6-8-19/h4-8,11-12,15-16,18H,9-10,13-14H2,1-3H3,(H,25,28). The first-order valence-electron chi connectivity index (χ1n) is 10.3. The van der Waals surface area contributed by atoms with Gasteiger partial charge in [0.05, 0.1) is 0 Å². The number of nitrogens with zero attached hydrogens (tertiary/aromatic N) is 1. The van der Waals surface area contributed by atoms with Crippen LogP contribution in [0.25, 0.3) is 0 Å². The van der Waals surface area contributed by atoms with Crippen LogP contribution >= 0.6 is 0 Å². The van der Waals surface area contributed by atoms with E-state index in [0.717, 1.165) is 30.5 Å². The highest BCUT2D eigenvalue weighted by Crippen LogP contribution is 2.45. The lowest BCUT2D eigenvalue weighted by molar-refractivity contribution is -0.116. The molecule has 2 aromatic rings. The summed E-state index contributed by atoms with van der Waals surface area (Å²) >= 11 is 0. The third-order valence-electron chi connectivity index (χ3n) is 6.33. The Bertz CT molecular complexity index is 923. The maximum absolute atomic E-state index is 12.3. The molecule has 2 atom stereocenters. The minimum atomic E-state index is -0.426. The van der Waals surface area contributed by atoms with Crippen LogP contribution in [-0.2, 0) is 14.9 Å². The maximum Gasteiger partial charge on any atom is 0.411 e. The van der Waals surface area contributed by atoms with Gasteiger partial charge in [0, 0.05) is 30.3 Å². The number of rotatable bonds is 4. The monoisotopic (exact) mass is 392 g/mol. The predicted octanol–water partition coefficient (Wildman–Crippen LogP) is 5.10. The molecule has 2 unspecified atom stereocenters. The van der Waals surface area contributed by atoms with Gasteiger partial charge in [0.15, 0.2) is 0 Å². The number of carbonyl (C=O) groups is 2. The Balaban J connectivity index is 1.66. The number of anilines is 2. The predicted molar refractivity (Wildman–Crippen MR) is 114 cm³/mol. The summed E-state index contributed by atoms with van der Waals surface area (Å²) in [7, 11) is 0. The molecule has 0 radical (unpaired) electrons. The van der Waals surface area contributed by atoms with Crippen LogP contribution in [0.4, 0.5) is 16.2 Å². The van der Waals surface area contributed by atoms with E-state index in [2.05, 4.69) is 24.4 Å². The first-order chi connectivity index (χ1) is 13.9. The van der Waals surface area contributed by atoms with Crippen LogP contribution in [0.15, 0.2) is 48.5 Å². The van der Waals surface area contributed by atoms with E-state index in [1.165, 1.54) is 5.56 Å². The molecule has 29 heavy (non-hydrogen) atoms. The maximum atomic E-state index is 12.3. The van der Waals surface area contributed by atoms with Gasteiger partial charge in [0.2, 0.25) is 5.91 Å². The highest BCUT2D eigenvalue weighted by molar-refractivity contribution is 5.94. The third kappa shape index (κ3) is 3.86. The molecule has 1 fully saturated rings. The molecule has 2 aliphatic rings. The smallest absolute Gasteiger partial charge is 0.411 e. The summed E-state index contributed by atoms with van der Waals surface area (Å²) in [6, 6.07) is 16.1.